The Labute approximate surface area is 126 Å². The fourth-order valence-electron chi connectivity index (χ4n) is 2.16. The zero-order valence-electron chi connectivity index (χ0n) is 11.9. The van der Waals surface area contributed by atoms with Gasteiger partial charge >= 0.3 is 0 Å². The number of benzene rings is 1. The standard InChI is InChI=1S/C15H16N2O3S/c1-3-10-4-5-12(13(8-10)19-2)20-14-11(9-18)17-6-7-21-15(17)16-14/h4-8,18H,3,9H2,1-2H3. The van der Waals surface area contributed by atoms with Gasteiger partial charge in [-0.3, -0.25) is 4.40 Å². The summed E-state index contributed by atoms with van der Waals surface area (Å²) in [7, 11) is 1.61. The predicted octanol–water partition coefficient (Wildman–Crippen LogP) is 3.25. The number of fused-ring (bicyclic) bond motifs is 1. The molecule has 5 nitrogen and oxygen atoms in total. The predicted molar refractivity (Wildman–Crippen MR) is 81.4 cm³/mol. The third-order valence-corrected chi connectivity index (χ3v) is 4.07. The number of hydrogen-bond donors (Lipinski definition) is 1. The number of nitrogens with zero attached hydrogens (tertiary/aromatic N) is 2. The largest absolute Gasteiger partial charge is 0.493 e. The summed E-state index contributed by atoms with van der Waals surface area (Å²) >= 11 is 1.49. The molecule has 3 aromatic rings. The van der Waals surface area contributed by atoms with Crippen LogP contribution >= 0.6 is 11.3 Å². The van der Waals surface area contributed by atoms with Crippen molar-refractivity contribution >= 4 is 16.3 Å². The zero-order valence-corrected chi connectivity index (χ0v) is 12.7. The summed E-state index contributed by atoms with van der Waals surface area (Å²) in [5.41, 5.74) is 1.81. The maximum atomic E-state index is 9.54. The van der Waals surface area contributed by atoms with Crippen LogP contribution in [0.25, 0.3) is 4.96 Å². The minimum Gasteiger partial charge on any atom is -0.493 e. The van der Waals surface area contributed by atoms with Gasteiger partial charge in [-0.2, -0.15) is 4.98 Å². The first-order valence-electron chi connectivity index (χ1n) is 6.66. The molecule has 0 aliphatic rings. The van der Waals surface area contributed by atoms with E-state index in [1.807, 2.05) is 34.2 Å². The third kappa shape index (κ3) is 2.48. The van der Waals surface area contributed by atoms with Gasteiger partial charge in [0.15, 0.2) is 16.5 Å². The summed E-state index contributed by atoms with van der Waals surface area (Å²) in [6.07, 6.45) is 2.79. The van der Waals surface area contributed by atoms with Crippen molar-refractivity contribution in [2.24, 2.45) is 0 Å². The Bertz CT molecular complexity index is 763. The number of rotatable bonds is 5. The maximum Gasteiger partial charge on any atom is 0.244 e. The van der Waals surface area contributed by atoms with E-state index in [-0.39, 0.29) is 6.61 Å². The van der Waals surface area contributed by atoms with Crippen molar-refractivity contribution in [2.75, 3.05) is 7.11 Å². The van der Waals surface area contributed by atoms with E-state index >= 15 is 0 Å². The number of aryl methyl sites for hydroxylation is 1. The smallest absolute Gasteiger partial charge is 0.244 e. The van der Waals surface area contributed by atoms with Crippen molar-refractivity contribution in [3.63, 3.8) is 0 Å². The molecule has 2 aromatic heterocycles. The molecule has 110 valence electrons. The van der Waals surface area contributed by atoms with E-state index in [0.29, 0.717) is 23.1 Å². The highest BCUT2D eigenvalue weighted by Gasteiger charge is 2.16. The van der Waals surface area contributed by atoms with Crippen molar-refractivity contribution < 1.29 is 14.6 Å². The van der Waals surface area contributed by atoms with E-state index in [4.69, 9.17) is 9.47 Å². The number of ether oxygens (including phenoxy) is 2. The Hall–Kier alpha value is -2.05. The molecule has 0 radical (unpaired) electrons. The summed E-state index contributed by atoms with van der Waals surface area (Å²) in [5, 5.41) is 11.5. The second-order valence-electron chi connectivity index (χ2n) is 4.52. The number of hydrogen-bond acceptors (Lipinski definition) is 5. The molecule has 1 aromatic carbocycles. The quantitative estimate of drug-likeness (QED) is 0.786. The molecular weight excluding hydrogens is 288 g/mol. The van der Waals surface area contributed by atoms with Crippen LogP contribution in [-0.2, 0) is 13.0 Å². The number of thiazole rings is 1. The van der Waals surface area contributed by atoms with Crippen LogP contribution in [0, 0.1) is 0 Å². The van der Waals surface area contributed by atoms with Crippen LogP contribution in [0.15, 0.2) is 29.8 Å². The topological polar surface area (TPSA) is 56.0 Å². The van der Waals surface area contributed by atoms with Crippen LogP contribution in [0.4, 0.5) is 0 Å². The molecule has 0 saturated carbocycles. The Balaban J connectivity index is 1.99. The number of aliphatic hydroxyl groups is 1. The second kappa shape index (κ2) is 5.75. The lowest BCUT2D eigenvalue weighted by molar-refractivity contribution is 0.269. The first-order valence-corrected chi connectivity index (χ1v) is 7.54. The number of aromatic nitrogens is 2. The molecule has 0 fully saturated rings. The van der Waals surface area contributed by atoms with Crippen molar-refractivity contribution in [1.29, 1.82) is 0 Å². The van der Waals surface area contributed by atoms with Crippen LogP contribution in [0.1, 0.15) is 18.2 Å². The summed E-state index contributed by atoms with van der Waals surface area (Å²) in [4.78, 5) is 5.19. The molecule has 0 aliphatic heterocycles. The van der Waals surface area contributed by atoms with Gasteiger partial charge in [0.2, 0.25) is 5.88 Å². The molecule has 21 heavy (non-hydrogen) atoms. The fraction of sp³-hybridized carbons (Fsp3) is 0.267. The van der Waals surface area contributed by atoms with Gasteiger partial charge in [0, 0.05) is 11.6 Å². The number of aliphatic hydroxyl groups excluding tert-OH is 1. The van der Waals surface area contributed by atoms with Gasteiger partial charge in [0.1, 0.15) is 5.69 Å². The van der Waals surface area contributed by atoms with Crippen molar-refractivity contribution in [3.05, 3.63) is 41.0 Å². The Morgan fingerprint density at radius 3 is 2.90 bits per heavy atom. The normalized spacial score (nSPS) is 11.0. The third-order valence-electron chi connectivity index (χ3n) is 3.32. The van der Waals surface area contributed by atoms with E-state index in [9.17, 15) is 5.11 Å². The molecule has 0 aliphatic carbocycles. The van der Waals surface area contributed by atoms with Gasteiger partial charge in [-0.1, -0.05) is 13.0 Å². The van der Waals surface area contributed by atoms with Gasteiger partial charge in [-0.15, -0.1) is 11.3 Å². The average molecular weight is 304 g/mol. The molecule has 3 rings (SSSR count). The molecule has 0 spiro atoms. The minimum absolute atomic E-state index is 0.136. The summed E-state index contributed by atoms with van der Waals surface area (Å²) in [6, 6.07) is 5.81. The van der Waals surface area contributed by atoms with E-state index < -0.39 is 0 Å². The molecule has 0 bridgehead atoms. The number of imidazole rings is 1. The monoisotopic (exact) mass is 304 g/mol. The number of methoxy groups -OCH3 is 1. The highest BCUT2D eigenvalue weighted by atomic mass is 32.1. The fourth-order valence-corrected chi connectivity index (χ4v) is 2.88. The maximum absolute atomic E-state index is 9.54. The molecule has 0 unspecified atom stereocenters. The molecule has 1 N–H and O–H groups in total. The zero-order chi connectivity index (χ0) is 14.8. The van der Waals surface area contributed by atoms with E-state index in [2.05, 4.69) is 11.9 Å². The van der Waals surface area contributed by atoms with Crippen molar-refractivity contribution in [3.8, 4) is 17.4 Å². The van der Waals surface area contributed by atoms with Gasteiger partial charge in [0.25, 0.3) is 0 Å². The molecule has 0 amide bonds. The van der Waals surface area contributed by atoms with Crippen LogP contribution < -0.4 is 9.47 Å². The van der Waals surface area contributed by atoms with Gasteiger partial charge < -0.3 is 14.6 Å². The average Bonchev–Trinajstić information content (AvgIpc) is 3.08. The molecule has 0 atom stereocenters. The lowest BCUT2D eigenvalue weighted by Gasteiger charge is -2.10. The van der Waals surface area contributed by atoms with Crippen molar-refractivity contribution in [2.45, 2.75) is 20.0 Å². The highest BCUT2D eigenvalue weighted by molar-refractivity contribution is 7.15. The van der Waals surface area contributed by atoms with Gasteiger partial charge in [0.05, 0.1) is 13.7 Å². The minimum atomic E-state index is -0.136. The van der Waals surface area contributed by atoms with Crippen LogP contribution in [-0.4, -0.2) is 21.6 Å². The summed E-state index contributed by atoms with van der Waals surface area (Å²) < 4.78 is 13.1. The molecule has 2 heterocycles. The van der Waals surface area contributed by atoms with E-state index in [1.54, 1.807) is 7.11 Å². The SMILES string of the molecule is CCc1ccc(Oc2nc3sccn3c2CO)c(OC)c1. The van der Waals surface area contributed by atoms with Crippen molar-refractivity contribution in [1.82, 2.24) is 9.38 Å². The highest BCUT2D eigenvalue weighted by Crippen LogP contribution is 2.34. The Morgan fingerprint density at radius 1 is 1.33 bits per heavy atom. The summed E-state index contributed by atoms with van der Waals surface area (Å²) in [5.74, 6) is 1.66. The molecule has 0 saturated heterocycles. The lowest BCUT2D eigenvalue weighted by Crippen LogP contribution is -1.96. The van der Waals surface area contributed by atoms with Gasteiger partial charge in [-0.25, -0.2) is 0 Å². The Kier molecular flexibility index (Phi) is 3.81. The first kappa shape index (κ1) is 13.9. The summed E-state index contributed by atoms with van der Waals surface area (Å²) in [6.45, 7) is 1.95. The van der Waals surface area contributed by atoms with E-state index in [1.165, 1.54) is 16.9 Å². The van der Waals surface area contributed by atoms with Gasteiger partial charge in [-0.05, 0) is 24.1 Å². The Morgan fingerprint density at radius 2 is 2.19 bits per heavy atom. The lowest BCUT2D eigenvalue weighted by atomic mass is 10.1. The van der Waals surface area contributed by atoms with Crippen LogP contribution in [0.2, 0.25) is 0 Å². The van der Waals surface area contributed by atoms with Crippen LogP contribution in [0.3, 0.4) is 0 Å². The molecular formula is C15H16N2O3S. The van der Waals surface area contributed by atoms with E-state index in [0.717, 1.165) is 11.4 Å². The molecule has 6 heteroatoms. The first-order chi connectivity index (χ1) is 10.3. The van der Waals surface area contributed by atoms with Crippen LogP contribution in [0.5, 0.6) is 17.4 Å². The second-order valence-corrected chi connectivity index (χ2v) is 5.39.